The van der Waals surface area contributed by atoms with Crippen molar-refractivity contribution in [2.24, 2.45) is 0 Å². The van der Waals surface area contributed by atoms with Gasteiger partial charge in [0.1, 0.15) is 11.4 Å². The van der Waals surface area contributed by atoms with E-state index in [9.17, 15) is 23.1 Å². The topological polar surface area (TPSA) is 62.3 Å². The normalized spacial score (nSPS) is 11.4. The molecule has 0 unspecified atom stereocenters. The minimum Gasteiger partial charge on any atom is -0.497 e. The van der Waals surface area contributed by atoms with Gasteiger partial charge < -0.3 is 14.8 Å². The number of nitrogens with one attached hydrogen (secondary N) is 1. The van der Waals surface area contributed by atoms with Crippen molar-refractivity contribution >= 4 is 5.97 Å². The fourth-order valence-corrected chi connectivity index (χ4v) is 2.62. The predicted molar refractivity (Wildman–Crippen MR) is 90.2 cm³/mol. The van der Waals surface area contributed by atoms with Crippen LogP contribution in [0, 0.1) is 0 Å². The van der Waals surface area contributed by atoms with E-state index in [1.54, 1.807) is 30.3 Å². The highest BCUT2D eigenvalue weighted by molar-refractivity contribution is 5.96. The number of ether oxygens (including phenoxy) is 1. The van der Waals surface area contributed by atoms with E-state index in [4.69, 9.17) is 4.74 Å². The van der Waals surface area contributed by atoms with Crippen LogP contribution >= 0.6 is 0 Å². The highest BCUT2D eigenvalue weighted by atomic mass is 19.4. The van der Waals surface area contributed by atoms with Gasteiger partial charge in [0.15, 0.2) is 0 Å². The smallest absolute Gasteiger partial charge is 0.416 e. The van der Waals surface area contributed by atoms with Crippen molar-refractivity contribution in [1.82, 2.24) is 4.98 Å². The van der Waals surface area contributed by atoms with Crippen LogP contribution in [0.25, 0.3) is 22.4 Å². The van der Waals surface area contributed by atoms with Crippen molar-refractivity contribution in [3.05, 3.63) is 65.9 Å². The lowest BCUT2D eigenvalue weighted by Gasteiger charge is -2.06. The molecule has 0 aliphatic carbocycles. The molecular weight excluding hydrogens is 347 g/mol. The molecule has 0 fully saturated rings. The molecule has 0 atom stereocenters. The number of methoxy groups -OCH3 is 1. The van der Waals surface area contributed by atoms with Crippen molar-refractivity contribution in [3.8, 4) is 28.1 Å². The first kappa shape index (κ1) is 17.6. The van der Waals surface area contributed by atoms with Crippen LogP contribution in [-0.2, 0) is 6.18 Å². The molecule has 0 aliphatic rings. The number of hydrogen-bond acceptors (Lipinski definition) is 2. The largest absolute Gasteiger partial charge is 0.497 e. The number of carboxylic acid groups (broad SMARTS) is 1. The molecule has 7 heteroatoms. The van der Waals surface area contributed by atoms with Crippen molar-refractivity contribution < 1.29 is 27.8 Å². The second-order valence-corrected chi connectivity index (χ2v) is 5.58. The summed E-state index contributed by atoms with van der Waals surface area (Å²) in [5.74, 6) is -0.530. The number of hydrogen-bond donors (Lipinski definition) is 2. The Labute approximate surface area is 146 Å². The first-order valence-electron chi connectivity index (χ1n) is 7.58. The van der Waals surface area contributed by atoms with Gasteiger partial charge in [0.05, 0.1) is 12.7 Å². The molecule has 3 aromatic rings. The summed E-state index contributed by atoms with van der Waals surface area (Å²) in [6.45, 7) is 0. The first-order chi connectivity index (χ1) is 12.3. The minimum absolute atomic E-state index is 0.0370. The summed E-state index contributed by atoms with van der Waals surface area (Å²) in [4.78, 5) is 14.3. The van der Waals surface area contributed by atoms with Gasteiger partial charge in [-0.15, -0.1) is 0 Å². The van der Waals surface area contributed by atoms with E-state index in [0.717, 1.165) is 12.1 Å². The third-order valence-corrected chi connectivity index (χ3v) is 3.96. The molecule has 134 valence electrons. The van der Waals surface area contributed by atoms with Crippen LogP contribution in [0.2, 0.25) is 0 Å². The average Bonchev–Trinajstić information content (AvgIpc) is 3.07. The molecule has 26 heavy (non-hydrogen) atoms. The number of benzene rings is 2. The fraction of sp³-hybridized carbons (Fsp3) is 0.105. The number of aromatic nitrogens is 1. The quantitative estimate of drug-likeness (QED) is 0.682. The highest BCUT2D eigenvalue weighted by Gasteiger charge is 2.30. The molecule has 3 rings (SSSR count). The van der Waals surface area contributed by atoms with Crippen molar-refractivity contribution in [2.45, 2.75) is 6.18 Å². The first-order valence-corrected chi connectivity index (χ1v) is 7.58. The molecular formula is C19H14F3NO3. The zero-order valence-electron chi connectivity index (χ0n) is 13.6. The molecule has 0 bridgehead atoms. The summed E-state index contributed by atoms with van der Waals surface area (Å²) in [7, 11) is 1.52. The van der Waals surface area contributed by atoms with Gasteiger partial charge in [0.2, 0.25) is 0 Å². The summed E-state index contributed by atoms with van der Waals surface area (Å²) >= 11 is 0. The molecule has 0 aliphatic heterocycles. The lowest BCUT2D eigenvalue weighted by Crippen LogP contribution is -2.04. The lowest BCUT2D eigenvalue weighted by molar-refractivity contribution is -0.137. The molecule has 2 N–H and O–H groups in total. The van der Waals surface area contributed by atoms with E-state index >= 15 is 0 Å². The number of alkyl halides is 3. The molecule has 0 spiro atoms. The summed E-state index contributed by atoms with van der Waals surface area (Å²) in [6, 6.07) is 13.0. The van der Waals surface area contributed by atoms with Gasteiger partial charge in [-0.1, -0.05) is 24.3 Å². The van der Waals surface area contributed by atoms with Crippen LogP contribution in [0.4, 0.5) is 13.2 Å². The number of carbonyl (C=O) groups is 1. The Morgan fingerprint density at radius 1 is 1.00 bits per heavy atom. The van der Waals surface area contributed by atoms with Gasteiger partial charge >= 0.3 is 12.1 Å². The lowest BCUT2D eigenvalue weighted by atomic mass is 10.0. The molecule has 0 saturated heterocycles. The van der Waals surface area contributed by atoms with Gasteiger partial charge in [0.25, 0.3) is 0 Å². The van der Waals surface area contributed by atoms with E-state index in [2.05, 4.69) is 4.98 Å². The Morgan fingerprint density at radius 2 is 1.58 bits per heavy atom. The molecule has 2 aromatic carbocycles. The third kappa shape index (κ3) is 3.42. The van der Waals surface area contributed by atoms with Crippen molar-refractivity contribution in [1.29, 1.82) is 0 Å². The van der Waals surface area contributed by atoms with Gasteiger partial charge in [-0.25, -0.2) is 4.79 Å². The van der Waals surface area contributed by atoms with E-state index in [1.807, 2.05) is 0 Å². The summed E-state index contributed by atoms with van der Waals surface area (Å²) < 4.78 is 43.1. The zero-order chi connectivity index (χ0) is 18.9. The zero-order valence-corrected chi connectivity index (χ0v) is 13.6. The van der Waals surface area contributed by atoms with Crippen LogP contribution < -0.4 is 4.74 Å². The molecule has 0 saturated carbocycles. The molecule has 0 amide bonds. The number of aromatic amines is 1. The molecule has 1 heterocycles. The van der Waals surface area contributed by atoms with Crippen molar-refractivity contribution in [3.63, 3.8) is 0 Å². The average molecular weight is 361 g/mol. The van der Waals surface area contributed by atoms with E-state index in [-0.39, 0.29) is 5.69 Å². The fourth-order valence-electron chi connectivity index (χ4n) is 2.62. The van der Waals surface area contributed by atoms with Crippen molar-refractivity contribution in [2.75, 3.05) is 7.11 Å². The predicted octanol–water partition coefficient (Wildman–Crippen LogP) is 5.07. The second kappa shape index (κ2) is 6.59. The monoisotopic (exact) mass is 361 g/mol. The van der Waals surface area contributed by atoms with Crippen LogP contribution in [-0.4, -0.2) is 23.2 Å². The number of rotatable bonds is 4. The van der Waals surface area contributed by atoms with E-state index in [0.29, 0.717) is 28.1 Å². The number of H-pyrrole nitrogens is 1. The Bertz CT molecular complexity index is 926. The number of aromatic carboxylic acids is 1. The van der Waals surface area contributed by atoms with Gasteiger partial charge in [-0.2, -0.15) is 13.2 Å². The van der Waals surface area contributed by atoms with Crippen LogP contribution in [0.3, 0.4) is 0 Å². The standard InChI is InChI=1S/C19H14F3NO3/c1-26-14-8-4-11(5-9-14)15-10-16(23-17(15)18(24)25)12-2-6-13(7-3-12)19(20,21)22/h2-10,23H,1H3,(H,24,25). The molecule has 1 aromatic heterocycles. The van der Waals surface area contributed by atoms with Gasteiger partial charge in [-0.3, -0.25) is 0 Å². The van der Waals surface area contributed by atoms with Crippen LogP contribution in [0.15, 0.2) is 54.6 Å². The van der Waals surface area contributed by atoms with E-state index < -0.39 is 17.7 Å². The second-order valence-electron chi connectivity index (χ2n) is 5.58. The molecule has 4 nitrogen and oxygen atoms in total. The maximum Gasteiger partial charge on any atom is 0.416 e. The van der Waals surface area contributed by atoms with Gasteiger partial charge in [0, 0.05) is 11.3 Å². The van der Waals surface area contributed by atoms with Crippen LogP contribution in [0.5, 0.6) is 5.75 Å². The third-order valence-electron chi connectivity index (χ3n) is 3.96. The number of halogens is 3. The SMILES string of the molecule is COc1ccc(-c2cc(-c3ccc(C(F)(F)F)cc3)[nH]c2C(=O)O)cc1. The maximum atomic E-state index is 12.7. The Kier molecular flexibility index (Phi) is 4.46. The highest BCUT2D eigenvalue weighted by Crippen LogP contribution is 2.33. The Hall–Kier alpha value is -3.22. The Balaban J connectivity index is 2.03. The summed E-state index contributed by atoms with van der Waals surface area (Å²) in [5, 5.41) is 9.43. The maximum absolute atomic E-state index is 12.7. The van der Waals surface area contributed by atoms with Crippen LogP contribution in [0.1, 0.15) is 16.1 Å². The minimum atomic E-state index is -4.42. The number of carboxylic acids is 1. The Morgan fingerprint density at radius 3 is 2.08 bits per heavy atom. The van der Waals surface area contributed by atoms with Gasteiger partial charge in [-0.05, 0) is 41.5 Å². The van der Waals surface area contributed by atoms with E-state index in [1.165, 1.54) is 19.2 Å². The molecule has 0 radical (unpaired) electrons. The summed E-state index contributed by atoms with van der Waals surface area (Å²) in [6.07, 6.45) is -4.42. The summed E-state index contributed by atoms with van der Waals surface area (Å²) in [5.41, 5.74) is 1.17.